The van der Waals surface area contributed by atoms with Gasteiger partial charge in [-0.1, -0.05) is 17.7 Å². The van der Waals surface area contributed by atoms with Gasteiger partial charge in [-0.25, -0.2) is 0 Å². The molecular formula is C17H25ClN4O. The number of hydrogen-bond acceptors (Lipinski definition) is 4. The minimum absolute atomic E-state index is 0.117. The first-order chi connectivity index (χ1) is 11.1. The monoisotopic (exact) mass is 336 g/mol. The summed E-state index contributed by atoms with van der Waals surface area (Å²) in [4.78, 5) is 17.2. The number of likely N-dealkylation sites (tertiary alicyclic amines) is 1. The first-order valence-electron chi connectivity index (χ1n) is 8.35. The smallest absolute Gasteiger partial charge is 0.244 e. The number of nitrogens with zero attached hydrogens (tertiary/aromatic N) is 2. The summed E-state index contributed by atoms with van der Waals surface area (Å²) in [5.74, 6) is 0.117. The van der Waals surface area contributed by atoms with Crippen LogP contribution in [0.2, 0.25) is 5.02 Å². The van der Waals surface area contributed by atoms with Crippen molar-refractivity contribution in [2.45, 2.75) is 24.9 Å². The largest absolute Gasteiger partial charge is 0.357 e. The van der Waals surface area contributed by atoms with Crippen LogP contribution in [0.15, 0.2) is 24.3 Å². The molecule has 5 nitrogen and oxygen atoms in total. The number of hydrogen-bond donors (Lipinski definition) is 2. The summed E-state index contributed by atoms with van der Waals surface area (Å²) in [6, 6.07) is 7.87. The average molecular weight is 337 g/mol. The average Bonchev–Trinajstić information content (AvgIpc) is 2.57. The predicted molar refractivity (Wildman–Crippen MR) is 94.1 cm³/mol. The highest BCUT2D eigenvalue weighted by Gasteiger charge is 2.30. The lowest BCUT2D eigenvalue weighted by atomic mass is 10.0. The van der Waals surface area contributed by atoms with Gasteiger partial charge in [0.15, 0.2) is 0 Å². The lowest BCUT2D eigenvalue weighted by molar-refractivity contribution is -0.123. The van der Waals surface area contributed by atoms with Crippen molar-refractivity contribution in [3.05, 3.63) is 29.3 Å². The first kappa shape index (κ1) is 16.6. The summed E-state index contributed by atoms with van der Waals surface area (Å²) < 4.78 is 0. The molecule has 1 aromatic rings. The van der Waals surface area contributed by atoms with E-state index in [1.54, 1.807) is 0 Å². The van der Waals surface area contributed by atoms with Crippen LogP contribution in [-0.2, 0) is 4.79 Å². The second-order valence-corrected chi connectivity index (χ2v) is 6.92. The molecule has 6 heteroatoms. The number of amides is 1. The Bertz CT molecular complexity index is 545. The quantitative estimate of drug-likeness (QED) is 0.874. The van der Waals surface area contributed by atoms with Crippen LogP contribution in [0.1, 0.15) is 12.8 Å². The molecular weight excluding hydrogens is 312 g/mol. The zero-order valence-corrected chi connectivity index (χ0v) is 14.4. The Morgan fingerprint density at radius 1 is 1.30 bits per heavy atom. The lowest BCUT2D eigenvalue weighted by Crippen LogP contribution is -2.59. The van der Waals surface area contributed by atoms with Gasteiger partial charge >= 0.3 is 0 Å². The summed E-state index contributed by atoms with van der Waals surface area (Å²) in [5, 5.41) is 7.28. The number of piperazine rings is 1. The predicted octanol–water partition coefficient (Wildman–Crippen LogP) is 1.33. The van der Waals surface area contributed by atoms with E-state index in [2.05, 4.69) is 27.5 Å². The van der Waals surface area contributed by atoms with Crippen LogP contribution < -0.4 is 15.5 Å². The van der Waals surface area contributed by atoms with Gasteiger partial charge in [0, 0.05) is 36.4 Å². The maximum atomic E-state index is 12.8. The van der Waals surface area contributed by atoms with E-state index in [0.29, 0.717) is 17.6 Å². The zero-order chi connectivity index (χ0) is 16.2. The summed E-state index contributed by atoms with van der Waals surface area (Å²) in [6.07, 6.45) is 2.05. The molecule has 1 aromatic carbocycles. The number of piperidine rings is 1. The number of anilines is 1. The van der Waals surface area contributed by atoms with Crippen molar-refractivity contribution in [3.63, 3.8) is 0 Å². The minimum atomic E-state index is -0.179. The van der Waals surface area contributed by atoms with Crippen molar-refractivity contribution in [3.8, 4) is 0 Å². The van der Waals surface area contributed by atoms with Crippen LogP contribution in [0.25, 0.3) is 0 Å². The Kier molecular flexibility index (Phi) is 5.41. The zero-order valence-electron chi connectivity index (χ0n) is 13.6. The molecule has 0 radical (unpaired) electrons. The third kappa shape index (κ3) is 4.16. The number of carbonyl (C=O) groups is 1. The Morgan fingerprint density at radius 2 is 2.09 bits per heavy atom. The maximum absolute atomic E-state index is 12.8. The van der Waals surface area contributed by atoms with E-state index in [9.17, 15) is 4.79 Å². The van der Waals surface area contributed by atoms with Crippen LogP contribution >= 0.6 is 11.6 Å². The van der Waals surface area contributed by atoms with Crippen LogP contribution in [0.4, 0.5) is 5.69 Å². The van der Waals surface area contributed by atoms with E-state index in [-0.39, 0.29) is 11.9 Å². The van der Waals surface area contributed by atoms with Gasteiger partial charge in [0.05, 0.1) is 0 Å². The van der Waals surface area contributed by atoms with Gasteiger partial charge in [-0.2, -0.15) is 0 Å². The second kappa shape index (κ2) is 7.51. The van der Waals surface area contributed by atoms with Gasteiger partial charge in [-0.05, 0) is 51.2 Å². The number of rotatable bonds is 3. The van der Waals surface area contributed by atoms with Gasteiger partial charge in [0.2, 0.25) is 5.91 Å². The lowest BCUT2D eigenvalue weighted by Gasteiger charge is -2.38. The first-order valence-corrected chi connectivity index (χ1v) is 8.73. The molecule has 2 aliphatic rings. The number of nitrogens with one attached hydrogen (secondary N) is 2. The molecule has 2 heterocycles. The Balaban J connectivity index is 1.67. The molecule has 0 aliphatic carbocycles. The fraction of sp³-hybridized carbons (Fsp3) is 0.588. The Morgan fingerprint density at radius 3 is 2.83 bits per heavy atom. The van der Waals surface area contributed by atoms with Crippen LogP contribution in [0.5, 0.6) is 0 Å². The van der Waals surface area contributed by atoms with Crippen LogP contribution in [0.3, 0.4) is 0 Å². The summed E-state index contributed by atoms with van der Waals surface area (Å²) in [6.45, 7) is 4.46. The molecule has 0 spiro atoms. The molecule has 23 heavy (non-hydrogen) atoms. The second-order valence-electron chi connectivity index (χ2n) is 6.48. The van der Waals surface area contributed by atoms with E-state index in [0.717, 1.165) is 44.7 Å². The minimum Gasteiger partial charge on any atom is -0.357 e. The highest BCUT2D eigenvalue weighted by atomic mass is 35.5. The number of carbonyl (C=O) groups excluding carboxylic acids is 1. The number of halogens is 1. The fourth-order valence-corrected chi connectivity index (χ4v) is 3.54. The highest BCUT2D eigenvalue weighted by molar-refractivity contribution is 6.30. The fourth-order valence-electron chi connectivity index (χ4n) is 3.35. The Hall–Kier alpha value is -1.30. The van der Waals surface area contributed by atoms with Crippen LogP contribution in [-0.4, -0.2) is 62.7 Å². The van der Waals surface area contributed by atoms with E-state index in [4.69, 9.17) is 11.6 Å². The van der Waals surface area contributed by atoms with Gasteiger partial charge < -0.3 is 20.4 Å². The van der Waals surface area contributed by atoms with E-state index >= 15 is 0 Å². The van der Waals surface area contributed by atoms with Crippen molar-refractivity contribution in [2.24, 2.45) is 0 Å². The molecule has 3 rings (SSSR count). The molecule has 1 unspecified atom stereocenters. The molecule has 0 aromatic heterocycles. The third-order valence-electron chi connectivity index (χ3n) is 4.75. The molecule has 2 saturated heterocycles. The van der Waals surface area contributed by atoms with E-state index < -0.39 is 0 Å². The maximum Gasteiger partial charge on any atom is 0.244 e. The molecule has 2 aliphatic heterocycles. The highest BCUT2D eigenvalue weighted by Crippen LogP contribution is 2.22. The molecule has 0 bridgehead atoms. The topological polar surface area (TPSA) is 47.6 Å². The van der Waals surface area contributed by atoms with Crippen molar-refractivity contribution < 1.29 is 4.79 Å². The van der Waals surface area contributed by atoms with Crippen molar-refractivity contribution in [1.82, 2.24) is 15.5 Å². The van der Waals surface area contributed by atoms with Crippen molar-refractivity contribution >= 4 is 23.2 Å². The van der Waals surface area contributed by atoms with Gasteiger partial charge in [-0.15, -0.1) is 0 Å². The third-order valence-corrected chi connectivity index (χ3v) is 4.99. The Labute approximate surface area is 143 Å². The van der Waals surface area contributed by atoms with Crippen molar-refractivity contribution in [2.75, 3.05) is 44.7 Å². The summed E-state index contributed by atoms with van der Waals surface area (Å²) in [5.41, 5.74) is 1.02. The molecule has 0 saturated carbocycles. The molecule has 2 N–H and O–H groups in total. The SMILES string of the molecule is CN1CCC(NC(=O)C2CNCCN2c2cccc(Cl)c2)CC1. The normalized spacial score (nSPS) is 23.7. The van der Waals surface area contributed by atoms with E-state index in [1.807, 2.05) is 24.3 Å². The molecule has 126 valence electrons. The molecule has 1 amide bonds. The molecule has 2 fully saturated rings. The number of benzene rings is 1. The van der Waals surface area contributed by atoms with E-state index in [1.165, 1.54) is 0 Å². The standard InChI is InChI=1S/C17H25ClN4O/c1-21-8-5-14(6-9-21)20-17(23)16-12-19-7-10-22(16)15-4-2-3-13(18)11-15/h2-4,11,14,16,19H,5-10,12H2,1H3,(H,20,23). The van der Waals surface area contributed by atoms with Crippen molar-refractivity contribution in [1.29, 1.82) is 0 Å². The van der Waals surface area contributed by atoms with Gasteiger partial charge in [-0.3, -0.25) is 4.79 Å². The van der Waals surface area contributed by atoms with Gasteiger partial charge in [0.25, 0.3) is 0 Å². The summed E-state index contributed by atoms with van der Waals surface area (Å²) >= 11 is 6.11. The molecule has 1 atom stereocenters. The van der Waals surface area contributed by atoms with Crippen LogP contribution in [0, 0.1) is 0 Å². The summed E-state index contributed by atoms with van der Waals surface area (Å²) in [7, 11) is 2.13. The van der Waals surface area contributed by atoms with Gasteiger partial charge in [0.1, 0.15) is 6.04 Å².